The molecule has 0 aliphatic rings. The number of hydrogen-bond acceptors (Lipinski definition) is 2. The summed E-state index contributed by atoms with van der Waals surface area (Å²) in [6.07, 6.45) is 2.02. The average molecular weight is 270 g/mol. The van der Waals surface area contributed by atoms with E-state index in [1.54, 1.807) is 0 Å². The lowest BCUT2D eigenvalue weighted by Crippen LogP contribution is -2.31. The molecule has 1 atom stereocenters. The van der Waals surface area contributed by atoms with Gasteiger partial charge < -0.3 is 10.6 Å². The van der Waals surface area contributed by atoms with Gasteiger partial charge in [0.1, 0.15) is 0 Å². The van der Waals surface area contributed by atoms with Gasteiger partial charge in [0.05, 0.1) is 0 Å². The van der Waals surface area contributed by atoms with Gasteiger partial charge in [-0.1, -0.05) is 56.3 Å². The zero-order valence-corrected chi connectivity index (χ0v) is 12.7. The van der Waals surface area contributed by atoms with E-state index in [1.165, 1.54) is 16.3 Å². The van der Waals surface area contributed by atoms with Crippen molar-refractivity contribution in [2.45, 2.75) is 32.7 Å². The first-order valence-electron chi connectivity index (χ1n) is 7.69. The zero-order valence-electron chi connectivity index (χ0n) is 12.7. The second-order valence-corrected chi connectivity index (χ2v) is 5.42. The maximum absolute atomic E-state index is 6.33. The summed E-state index contributed by atoms with van der Waals surface area (Å²) in [6, 6.07) is 15.3. The SMILES string of the molecule is CCN(CC)CCC(N)Cc1cccc2ccccc12. The summed E-state index contributed by atoms with van der Waals surface area (Å²) in [7, 11) is 0. The van der Waals surface area contributed by atoms with Crippen molar-refractivity contribution in [2.75, 3.05) is 19.6 Å². The normalized spacial score (nSPS) is 13.0. The maximum Gasteiger partial charge on any atom is 0.00917 e. The molecule has 0 spiro atoms. The van der Waals surface area contributed by atoms with Gasteiger partial charge in [-0.05, 0) is 48.8 Å². The van der Waals surface area contributed by atoms with E-state index in [9.17, 15) is 0 Å². The molecule has 20 heavy (non-hydrogen) atoms. The van der Waals surface area contributed by atoms with Crippen LogP contribution in [-0.4, -0.2) is 30.6 Å². The molecule has 0 aliphatic carbocycles. The van der Waals surface area contributed by atoms with Crippen molar-refractivity contribution in [3.8, 4) is 0 Å². The van der Waals surface area contributed by atoms with Crippen molar-refractivity contribution in [2.24, 2.45) is 5.73 Å². The molecule has 0 aromatic heterocycles. The van der Waals surface area contributed by atoms with E-state index in [0.717, 1.165) is 32.5 Å². The van der Waals surface area contributed by atoms with Crippen molar-refractivity contribution >= 4 is 10.8 Å². The Balaban J connectivity index is 2.01. The van der Waals surface area contributed by atoms with Crippen molar-refractivity contribution in [1.29, 1.82) is 0 Å². The molecule has 108 valence electrons. The molecule has 2 nitrogen and oxygen atoms in total. The highest BCUT2D eigenvalue weighted by molar-refractivity contribution is 5.85. The second kappa shape index (κ2) is 7.41. The predicted octanol–water partition coefficient (Wildman–Crippen LogP) is 3.44. The summed E-state index contributed by atoms with van der Waals surface area (Å²) in [5.41, 5.74) is 7.70. The average Bonchev–Trinajstić information content (AvgIpc) is 2.49. The van der Waals surface area contributed by atoms with Crippen molar-refractivity contribution in [3.63, 3.8) is 0 Å². The Bertz CT molecular complexity index is 526. The molecular weight excluding hydrogens is 244 g/mol. The monoisotopic (exact) mass is 270 g/mol. The molecule has 2 heteroatoms. The number of hydrogen-bond donors (Lipinski definition) is 1. The summed E-state index contributed by atoms with van der Waals surface area (Å²) in [5, 5.41) is 2.65. The topological polar surface area (TPSA) is 29.3 Å². The highest BCUT2D eigenvalue weighted by atomic mass is 15.1. The third-order valence-corrected chi connectivity index (χ3v) is 4.07. The van der Waals surface area contributed by atoms with Crippen molar-refractivity contribution in [3.05, 3.63) is 48.0 Å². The van der Waals surface area contributed by atoms with E-state index in [4.69, 9.17) is 5.73 Å². The van der Waals surface area contributed by atoms with Gasteiger partial charge in [-0.2, -0.15) is 0 Å². The number of rotatable bonds is 7. The van der Waals surface area contributed by atoms with Gasteiger partial charge in [-0.15, -0.1) is 0 Å². The van der Waals surface area contributed by atoms with Crippen LogP contribution in [0.15, 0.2) is 42.5 Å². The Morgan fingerprint density at radius 1 is 1.00 bits per heavy atom. The van der Waals surface area contributed by atoms with Gasteiger partial charge in [0.2, 0.25) is 0 Å². The first-order chi connectivity index (χ1) is 9.74. The molecule has 0 saturated carbocycles. The zero-order chi connectivity index (χ0) is 14.4. The van der Waals surface area contributed by atoms with E-state index >= 15 is 0 Å². The molecule has 0 amide bonds. The third kappa shape index (κ3) is 3.81. The van der Waals surface area contributed by atoms with Crippen LogP contribution in [0.2, 0.25) is 0 Å². The molecule has 0 heterocycles. The molecule has 2 N–H and O–H groups in total. The van der Waals surface area contributed by atoms with Gasteiger partial charge in [0, 0.05) is 6.04 Å². The minimum atomic E-state index is 0.237. The molecule has 0 aliphatic heterocycles. The lowest BCUT2D eigenvalue weighted by molar-refractivity contribution is 0.290. The number of nitrogens with two attached hydrogens (primary N) is 1. The maximum atomic E-state index is 6.33. The lowest BCUT2D eigenvalue weighted by Gasteiger charge is -2.21. The quantitative estimate of drug-likeness (QED) is 0.835. The molecule has 1 unspecified atom stereocenters. The number of fused-ring (bicyclic) bond motifs is 1. The first-order valence-corrected chi connectivity index (χ1v) is 7.69. The standard InChI is InChI=1S/C18H26N2/c1-3-20(4-2)13-12-17(19)14-16-10-7-9-15-8-5-6-11-18(15)16/h5-11,17H,3-4,12-14,19H2,1-2H3. The van der Waals surface area contributed by atoms with E-state index in [-0.39, 0.29) is 6.04 Å². The fourth-order valence-corrected chi connectivity index (χ4v) is 2.74. The largest absolute Gasteiger partial charge is 0.327 e. The Morgan fingerprint density at radius 2 is 1.70 bits per heavy atom. The second-order valence-electron chi connectivity index (χ2n) is 5.42. The van der Waals surface area contributed by atoms with Crippen LogP contribution >= 0.6 is 0 Å². The Labute approximate surface area is 122 Å². The lowest BCUT2D eigenvalue weighted by atomic mass is 9.98. The fourth-order valence-electron chi connectivity index (χ4n) is 2.74. The van der Waals surface area contributed by atoms with Crippen LogP contribution in [0.5, 0.6) is 0 Å². The van der Waals surface area contributed by atoms with Gasteiger partial charge >= 0.3 is 0 Å². The summed E-state index contributed by atoms with van der Waals surface area (Å²) in [6.45, 7) is 7.73. The van der Waals surface area contributed by atoms with E-state index in [1.807, 2.05) is 0 Å². The van der Waals surface area contributed by atoms with E-state index in [2.05, 4.69) is 61.2 Å². The van der Waals surface area contributed by atoms with E-state index in [0.29, 0.717) is 0 Å². The smallest absolute Gasteiger partial charge is 0.00917 e. The van der Waals surface area contributed by atoms with Crippen LogP contribution in [0, 0.1) is 0 Å². The number of benzene rings is 2. The van der Waals surface area contributed by atoms with Crippen LogP contribution in [0.25, 0.3) is 10.8 Å². The van der Waals surface area contributed by atoms with Crippen molar-refractivity contribution in [1.82, 2.24) is 4.90 Å². The van der Waals surface area contributed by atoms with E-state index < -0.39 is 0 Å². The highest BCUT2D eigenvalue weighted by Gasteiger charge is 2.08. The molecule has 2 rings (SSSR count). The Hall–Kier alpha value is -1.38. The molecule has 0 bridgehead atoms. The Morgan fingerprint density at radius 3 is 2.45 bits per heavy atom. The summed E-state index contributed by atoms with van der Waals surface area (Å²) in [5.74, 6) is 0. The van der Waals surface area contributed by atoms with Gasteiger partial charge in [-0.3, -0.25) is 0 Å². The number of nitrogens with zero attached hydrogens (tertiary/aromatic N) is 1. The minimum absolute atomic E-state index is 0.237. The van der Waals surface area contributed by atoms with Crippen molar-refractivity contribution < 1.29 is 0 Å². The molecule has 0 radical (unpaired) electrons. The van der Waals surface area contributed by atoms with Gasteiger partial charge in [0.15, 0.2) is 0 Å². The van der Waals surface area contributed by atoms with Crippen LogP contribution < -0.4 is 5.73 Å². The van der Waals surface area contributed by atoms with Crippen LogP contribution in [0.1, 0.15) is 25.8 Å². The molecule has 2 aromatic rings. The fraction of sp³-hybridized carbons (Fsp3) is 0.444. The van der Waals surface area contributed by atoms with Crippen LogP contribution in [0.3, 0.4) is 0 Å². The first kappa shape index (κ1) is 15.0. The minimum Gasteiger partial charge on any atom is -0.327 e. The summed E-state index contributed by atoms with van der Waals surface area (Å²) < 4.78 is 0. The van der Waals surface area contributed by atoms with Crippen LogP contribution in [0.4, 0.5) is 0 Å². The third-order valence-electron chi connectivity index (χ3n) is 4.07. The van der Waals surface area contributed by atoms with Gasteiger partial charge in [0.25, 0.3) is 0 Å². The molecule has 0 saturated heterocycles. The highest BCUT2D eigenvalue weighted by Crippen LogP contribution is 2.20. The molecular formula is C18H26N2. The molecule has 0 fully saturated rings. The van der Waals surface area contributed by atoms with Crippen LogP contribution in [-0.2, 0) is 6.42 Å². The summed E-state index contributed by atoms with van der Waals surface area (Å²) in [4.78, 5) is 2.43. The molecule has 2 aromatic carbocycles. The van der Waals surface area contributed by atoms with Gasteiger partial charge in [-0.25, -0.2) is 0 Å². The summed E-state index contributed by atoms with van der Waals surface area (Å²) >= 11 is 0. The predicted molar refractivity (Wildman–Crippen MR) is 88.0 cm³/mol. The Kier molecular flexibility index (Phi) is 5.57.